The van der Waals surface area contributed by atoms with Gasteiger partial charge in [-0.05, 0) is 42.7 Å². The van der Waals surface area contributed by atoms with E-state index < -0.39 is 0 Å². The van der Waals surface area contributed by atoms with Gasteiger partial charge in [-0.1, -0.05) is 54.4 Å². The minimum absolute atomic E-state index is 0.234. The van der Waals surface area contributed by atoms with E-state index >= 15 is 0 Å². The molecule has 0 spiro atoms. The van der Waals surface area contributed by atoms with E-state index in [1.165, 1.54) is 0 Å². The van der Waals surface area contributed by atoms with Crippen molar-refractivity contribution in [1.82, 2.24) is 0 Å². The third-order valence-electron chi connectivity index (χ3n) is 4.27. The van der Waals surface area contributed by atoms with Gasteiger partial charge in [-0.15, -0.1) is 0 Å². The summed E-state index contributed by atoms with van der Waals surface area (Å²) in [5.41, 5.74) is 0. The maximum absolute atomic E-state index is 12.3. The van der Waals surface area contributed by atoms with E-state index in [1.54, 1.807) is 18.2 Å². The molecular weight excluding hydrogens is 368 g/mol. The molecule has 0 atom stereocenters. The molecule has 0 aliphatic rings. The van der Waals surface area contributed by atoms with Crippen LogP contribution in [0.5, 0.6) is 17.2 Å². The number of carbonyl (C=O) groups excluding carboxylic acids is 2. The lowest BCUT2D eigenvalue weighted by atomic mass is 10.1. The normalized spacial score (nSPS) is 11.2. The second-order valence-electron chi connectivity index (χ2n) is 8.83. The van der Waals surface area contributed by atoms with E-state index in [2.05, 4.69) is 41.5 Å². The van der Waals surface area contributed by atoms with Crippen molar-refractivity contribution >= 4 is 11.9 Å². The van der Waals surface area contributed by atoms with Crippen molar-refractivity contribution in [2.24, 2.45) is 17.8 Å². The van der Waals surface area contributed by atoms with Gasteiger partial charge in [0, 0.05) is 18.9 Å². The van der Waals surface area contributed by atoms with E-state index in [4.69, 9.17) is 14.2 Å². The van der Waals surface area contributed by atoms with Crippen molar-refractivity contribution in [2.75, 3.05) is 6.61 Å². The van der Waals surface area contributed by atoms with Crippen LogP contribution in [0.4, 0.5) is 0 Å². The van der Waals surface area contributed by atoms with E-state index in [0.717, 1.165) is 25.7 Å². The molecule has 164 valence electrons. The third-order valence-corrected chi connectivity index (χ3v) is 4.27. The lowest BCUT2D eigenvalue weighted by Crippen LogP contribution is -2.13. The Bertz CT molecular complexity index is 634. The summed E-state index contributed by atoms with van der Waals surface area (Å²) in [5.74, 6) is 1.88. The molecule has 5 nitrogen and oxygen atoms in total. The van der Waals surface area contributed by atoms with Gasteiger partial charge in [-0.25, -0.2) is 0 Å². The third kappa shape index (κ3) is 11.5. The summed E-state index contributed by atoms with van der Waals surface area (Å²) in [6, 6.07) is 4.99. The van der Waals surface area contributed by atoms with Crippen LogP contribution in [-0.2, 0) is 9.59 Å². The van der Waals surface area contributed by atoms with Crippen LogP contribution in [-0.4, -0.2) is 18.5 Å². The molecule has 0 N–H and O–H groups in total. The predicted octanol–water partition coefficient (Wildman–Crippen LogP) is 6.18. The van der Waals surface area contributed by atoms with Gasteiger partial charge in [-0.3, -0.25) is 9.59 Å². The highest BCUT2D eigenvalue weighted by atomic mass is 16.6. The van der Waals surface area contributed by atoms with Crippen molar-refractivity contribution in [2.45, 2.75) is 80.1 Å². The second kappa shape index (κ2) is 13.2. The maximum atomic E-state index is 12.3. The molecule has 0 fully saturated rings. The first kappa shape index (κ1) is 25.0. The second-order valence-corrected chi connectivity index (χ2v) is 8.83. The highest BCUT2D eigenvalue weighted by Gasteiger charge is 2.16. The van der Waals surface area contributed by atoms with Crippen molar-refractivity contribution in [3.8, 4) is 17.2 Å². The summed E-state index contributed by atoms with van der Waals surface area (Å²) in [6.07, 6.45) is 4.14. The molecule has 0 saturated carbocycles. The van der Waals surface area contributed by atoms with Crippen LogP contribution in [0.2, 0.25) is 0 Å². The smallest absolute Gasteiger partial charge is 0.311 e. The molecule has 0 heterocycles. The fourth-order valence-corrected chi connectivity index (χ4v) is 2.66. The average molecular weight is 407 g/mol. The maximum Gasteiger partial charge on any atom is 0.311 e. The summed E-state index contributed by atoms with van der Waals surface area (Å²) in [5, 5.41) is 0. The topological polar surface area (TPSA) is 61.8 Å². The molecule has 0 amide bonds. The molecule has 5 heteroatoms. The summed E-state index contributed by atoms with van der Waals surface area (Å²) in [7, 11) is 0. The van der Waals surface area contributed by atoms with Gasteiger partial charge in [0.25, 0.3) is 0 Å². The number of ether oxygens (including phenoxy) is 3. The minimum Gasteiger partial charge on any atom is -0.493 e. The Morgan fingerprint density at radius 3 is 1.76 bits per heavy atom. The molecular formula is C24H38O5. The van der Waals surface area contributed by atoms with Gasteiger partial charge >= 0.3 is 11.9 Å². The molecule has 0 unspecified atom stereocenters. The molecule has 1 aromatic rings. The molecule has 29 heavy (non-hydrogen) atoms. The van der Waals surface area contributed by atoms with E-state index in [1.807, 2.05) is 0 Å². The molecule has 0 aliphatic carbocycles. The van der Waals surface area contributed by atoms with Gasteiger partial charge < -0.3 is 14.2 Å². The molecule has 0 saturated heterocycles. The van der Waals surface area contributed by atoms with Crippen LogP contribution in [0.3, 0.4) is 0 Å². The zero-order chi connectivity index (χ0) is 21.8. The van der Waals surface area contributed by atoms with E-state index in [-0.39, 0.29) is 23.4 Å². The Kier molecular flexibility index (Phi) is 11.4. The number of esters is 2. The Morgan fingerprint density at radius 2 is 1.28 bits per heavy atom. The van der Waals surface area contributed by atoms with Gasteiger partial charge in [0.1, 0.15) is 5.75 Å². The fraction of sp³-hybridized carbons (Fsp3) is 0.667. The van der Waals surface area contributed by atoms with Gasteiger partial charge in [-0.2, -0.15) is 0 Å². The number of hydrogen-bond donors (Lipinski definition) is 0. The van der Waals surface area contributed by atoms with Crippen molar-refractivity contribution in [3.05, 3.63) is 18.2 Å². The van der Waals surface area contributed by atoms with E-state index in [0.29, 0.717) is 43.0 Å². The molecule has 0 radical (unpaired) electrons. The molecule has 1 rings (SSSR count). The largest absolute Gasteiger partial charge is 0.493 e. The molecule has 0 aromatic heterocycles. The zero-order valence-electron chi connectivity index (χ0n) is 19.0. The van der Waals surface area contributed by atoms with Crippen LogP contribution < -0.4 is 14.2 Å². The number of rotatable bonds is 13. The highest BCUT2D eigenvalue weighted by molar-refractivity contribution is 5.76. The minimum atomic E-state index is -0.330. The summed E-state index contributed by atoms with van der Waals surface area (Å²) >= 11 is 0. The molecule has 1 aromatic carbocycles. The van der Waals surface area contributed by atoms with Crippen LogP contribution in [0.15, 0.2) is 18.2 Å². The quantitative estimate of drug-likeness (QED) is 0.289. The van der Waals surface area contributed by atoms with Gasteiger partial charge in [0.05, 0.1) is 6.61 Å². The van der Waals surface area contributed by atoms with E-state index in [9.17, 15) is 9.59 Å². The van der Waals surface area contributed by atoms with Crippen molar-refractivity contribution in [3.63, 3.8) is 0 Å². The Hall–Kier alpha value is -2.04. The first-order valence-corrected chi connectivity index (χ1v) is 10.9. The molecule has 0 bridgehead atoms. The first-order chi connectivity index (χ1) is 13.7. The van der Waals surface area contributed by atoms with Crippen LogP contribution >= 0.6 is 0 Å². The Morgan fingerprint density at radius 1 is 0.759 bits per heavy atom. The lowest BCUT2D eigenvalue weighted by Gasteiger charge is -2.14. The Labute approximate surface area is 176 Å². The van der Waals surface area contributed by atoms with Gasteiger partial charge in [0.15, 0.2) is 11.5 Å². The van der Waals surface area contributed by atoms with Crippen molar-refractivity contribution < 1.29 is 23.8 Å². The first-order valence-electron chi connectivity index (χ1n) is 10.9. The average Bonchev–Trinajstić information content (AvgIpc) is 2.61. The standard InChI is InChI=1S/C24H38O5/c1-17(2)9-7-11-23(25)28-21-14-13-20(27-16-19(5)6)15-22(21)29-24(26)12-8-10-18(3)4/h13-15,17-19H,7-12,16H2,1-6H3. The highest BCUT2D eigenvalue weighted by Crippen LogP contribution is 2.33. The Balaban J connectivity index is 2.81. The van der Waals surface area contributed by atoms with Crippen LogP contribution in [0.25, 0.3) is 0 Å². The predicted molar refractivity (Wildman–Crippen MR) is 115 cm³/mol. The lowest BCUT2D eigenvalue weighted by molar-refractivity contribution is -0.137. The number of carbonyl (C=O) groups is 2. The zero-order valence-corrected chi connectivity index (χ0v) is 19.0. The SMILES string of the molecule is CC(C)CCCC(=O)Oc1ccc(OCC(C)C)cc1OC(=O)CCCC(C)C. The fourth-order valence-electron chi connectivity index (χ4n) is 2.66. The molecule has 0 aliphatic heterocycles. The van der Waals surface area contributed by atoms with Crippen LogP contribution in [0, 0.1) is 17.8 Å². The summed E-state index contributed by atoms with van der Waals surface area (Å²) < 4.78 is 16.7. The number of hydrogen-bond acceptors (Lipinski definition) is 5. The van der Waals surface area contributed by atoms with Gasteiger partial charge in [0.2, 0.25) is 0 Å². The number of benzene rings is 1. The summed E-state index contributed by atoms with van der Waals surface area (Å²) in [4.78, 5) is 24.4. The van der Waals surface area contributed by atoms with Crippen molar-refractivity contribution in [1.29, 1.82) is 0 Å². The summed E-state index contributed by atoms with van der Waals surface area (Å²) in [6.45, 7) is 13.2. The monoisotopic (exact) mass is 406 g/mol. The van der Waals surface area contributed by atoms with Crippen LogP contribution in [0.1, 0.15) is 80.1 Å².